The molecule has 30 heavy (non-hydrogen) atoms. The number of unbranched alkanes of at least 4 members (excludes halogenated alkanes) is 3. The molecule has 2 aromatic carbocycles. The molecule has 3 aromatic rings. The van der Waals surface area contributed by atoms with Gasteiger partial charge >= 0.3 is 5.97 Å². The Morgan fingerprint density at radius 1 is 1.03 bits per heavy atom. The number of pyridine rings is 1. The Morgan fingerprint density at radius 2 is 1.83 bits per heavy atom. The lowest BCUT2D eigenvalue weighted by atomic mass is 10.1. The summed E-state index contributed by atoms with van der Waals surface area (Å²) in [6.45, 7) is 7.05. The van der Waals surface area contributed by atoms with Gasteiger partial charge in [-0.05, 0) is 50.1 Å². The Bertz CT molecular complexity index is 984. The van der Waals surface area contributed by atoms with E-state index in [9.17, 15) is 4.79 Å². The van der Waals surface area contributed by atoms with Crippen molar-refractivity contribution in [3.05, 3.63) is 59.8 Å². The van der Waals surface area contributed by atoms with Crippen molar-refractivity contribution in [1.82, 2.24) is 4.98 Å². The minimum atomic E-state index is -0.386. The van der Waals surface area contributed by atoms with Crippen molar-refractivity contribution >= 4 is 28.2 Å². The average Bonchev–Trinajstić information content (AvgIpc) is 2.75. The fraction of sp³-hybridized carbons (Fsp3) is 0.360. The third kappa shape index (κ3) is 5.29. The van der Waals surface area contributed by atoms with Crippen LogP contribution in [-0.4, -0.2) is 24.2 Å². The minimum Gasteiger partial charge on any atom is -0.494 e. The monoisotopic (exact) mass is 406 g/mol. The first-order chi connectivity index (χ1) is 14.6. The molecule has 0 aliphatic heterocycles. The van der Waals surface area contributed by atoms with Crippen LogP contribution in [0.1, 0.15) is 55.5 Å². The second kappa shape index (κ2) is 10.6. The summed E-state index contributed by atoms with van der Waals surface area (Å²) >= 11 is 0. The van der Waals surface area contributed by atoms with Gasteiger partial charge in [-0.3, -0.25) is 4.98 Å². The van der Waals surface area contributed by atoms with Crippen molar-refractivity contribution in [1.29, 1.82) is 0 Å². The summed E-state index contributed by atoms with van der Waals surface area (Å²) in [7, 11) is 0. The van der Waals surface area contributed by atoms with Crippen LogP contribution in [0.2, 0.25) is 0 Å². The predicted octanol–water partition coefficient (Wildman–Crippen LogP) is 6.42. The zero-order chi connectivity index (χ0) is 21.3. The van der Waals surface area contributed by atoms with E-state index in [-0.39, 0.29) is 5.97 Å². The number of aromatic nitrogens is 1. The molecule has 158 valence electrons. The van der Waals surface area contributed by atoms with Gasteiger partial charge in [0.25, 0.3) is 0 Å². The van der Waals surface area contributed by atoms with Gasteiger partial charge in [0.15, 0.2) is 0 Å². The Labute approximate surface area is 178 Å². The number of hydrogen-bond donors (Lipinski definition) is 1. The number of rotatable bonds is 10. The minimum absolute atomic E-state index is 0.314. The predicted molar refractivity (Wildman–Crippen MR) is 122 cm³/mol. The van der Waals surface area contributed by atoms with E-state index in [1.165, 1.54) is 19.3 Å². The molecule has 0 radical (unpaired) electrons. The molecule has 0 unspecified atom stereocenters. The maximum atomic E-state index is 12.5. The van der Waals surface area contributed by atoms with Gasteiger partial charge in [-0.15, -0.1) is 0 Å². The number of aryl methyl sites for hydroxylation is 1. The summed E-state index contributed by atoms with van der Waals surface area (Å²) < 4.78 is 11.1. The molecule has 5 heteroatoms. The van der Waals surface area contributed by atoms with Gasteiger partial charge in [-0.1, -0.05) is 44.4 Å². The van der Waals surface area contributed by atoms with E-state index in [0.717, 1.165) is 40.9 Å². The highest BCUT2D eigenvalue weighted by Gasteiger charge is 2.17. The molecule has 1 N–H and O–H groups in total. The Morgan fingerprint density at radius 3 is 2.57 bits per heavy atom. The van der Waals surface area contributed by atoms with Gasteiger partial charge in [0, 0.05) is 17.3 Å². The van der Waals surface area contributed by atoms with Crippen molar-refractivity contribution in [3.63, 3.8) is 0 Å². The van der Waals surface area contributed by atoms with E-state index in [1.807, 2.05) is 49.4 Å². The van der Waals surface area contributed by atoms with Crippen LogP contribution >= 0.6 is 0 Å². The maximum absolute atomic E-state index is 12.5. The number of esters is 1. The summed E-state index contributed by atoms with van der Waals surface area (Å²) in [6.07, 6.45) is 6.32. The Balaban J connectivity index is 1.82. The second-order valence-corrected chi connectivity index (χ2v) is 7.30. The van der Waals surface area contributed by atoms with E-state index in [4.69, 9.17) is 9.47 Å². The molecule has 0 aliphatic carbocycles. The van der Waals surface area contributed by atoms with Crippen molar-refractivity contribution in [3.8, 4) is 5.75 Å². The number of fused-ring (bicyclic) bond motifs is 1. The number of carbonyl (C=O) groups is 1. The molecule has 1 aromatic heterocycles. The zero-order valence-corrected chi connectivity index (χ0v) is 18.0. The number of hydrogen-bond acceptors (Lipinski definition) is 5. The quantitative estimate of drug-likeness (QED) is 0.311. The molecule has 0 saturated heterocycles. The second-order valence-electron chi connectivity index (χ2n) is 7.30. The van der Waals surface area contributed by atoms with Gasteiger partial charge in [0.2, 0.25) is 0 Å². The number of para-hydroxylation sites is 1. The molecular weight excluding hydrogens is 376 g/mol. The first-order valence-corrected chi connectivity index (χ1v) is 10.7. The SMILES string of the molecule is CCCCCCOc1ccc(Nc2c(C(=O)OCC)cnc3c(C)cccc23)cc1. The van der Waals surface area contributed by atoms with Crippen LogP contribution in [0.3, 0.4) is 0 Å². The maximum Gasteiger partial charge on any atom is 0.341 e. The van der Waals surface area contributed by atoms with Crippen LogP contribution in [-0.2, 0) is 4.74 Å². The van der Waals surface area contributed by atoms with Gasteiger partial charge in [-0.25, -0.2) is 4.79 Å². The molecule has 5 nitrogen and oxygen atoms in total. The smallest absolute Gasteiger partial charge is 0.341 e. The van der Waals surface area contributed by atoms with Crippen molar-refractivity contribution in [2.75, 3.05) is 18.5 Å². The van der Waals surface area contributed by atoms with E-state index >= 15 is 0 Å². The molecule has 0 fully saturated rings. The van der Waals surface area contributed by atoms with Crippen LogP contribution in [0.5, 0.6) is 5.75 Å². The molecule has 3 rings (SSSR count). The van der Waals surface area contributed by atoms with Gasteiger partial charge in [0.05, 0.1) is 24.4 Å². The molecule has 0 amide bonds. The molecule has 0 atom stereocenters. The summed E-state index contributed by atoms with van der Waals surface area (Å²) in [5.41, 5.74) is 3.91. The fourth-order valence-corrected chi connectivity index (χ4v) is 3.37. The number of anilines is 2. The number of benzene rings is 2. The lowest BCUT2D eigenvalue weighted by molar-refractivity contribution is 0.0527. The molecular formula is C25H30N2O3. The van der Waals surface area contributed by atoms with Gasteiger partial charge in [-0.2, -0.15) is 0 Å². The largest absolute Gasteiger partial charge is 0.494 e. The van der Waals surface area contributed by atoms with Crippen molar-refractivity contribution in [2.45, 2.75) is 46.5 Å². The number of nitrogens with zero attached hydrogens (tertiary/aromatic N) is 1. The van der Waals surface area contributed by atoms with E-state index in [0.29, 0.717) is 17.9 Å². The van der Waals surface area contributed by atoms with Crippen LogP contribution in [0.15, 0.2) is 48.7 Å². The van der Waals surface area contributed by atoms with Crippen molar-refractivity contribution < 1.29 is 14.3 Å². The first kappa shape index (κ1) is 21.6. The first-order valence-electron chi connectivity index (χ1n) is 10.7. The van der Waals surface area contributed by atoms with Gasteiger partial charge in [0.1, 0.15) is 11.3 Å². The van der Waals surface area contributed by atoms with E-state index < -0.39 is 0 Å². The average molecular weight is 407 g/mol. The highest BCUT2D eigenvalue weighted by Crippen LogP contribution is 2.31. The molecule has 0 spiro atoms. The summed E-state index contributed by atoms with van der Waals surface area (Å²) in [6, 6.07) is 13.7. The number of carbonyl (C=O) groups excluding carboxylic acids is 1. The lowest BCUT2D eigenvalue weighted by Crippen LogP contribution is -2.09. The summed E-state index contributed by atoms with van der Waals surface area (Å²) in [5, 5.41) is 4.28. The molecule has 0 bridgehead atoms. The van der Waals surface area contributed by atoms with Crippen molar-refractivity contribution in [2.24, 2.45) is 0 Å². The highest BCUT2D eigenvalue weighted by atomic mass is 16.5. The fourth-order valence-electron chi connectivity index (χ4n) is 3.37. The van der Waals surface area contributed by atoms with Gasteiger partial charge < -0.3 is 14.8 Å². The molecule has 1 heterocycles. The molecule has 0 saturated carbocycles. The molecule has 0 aliphatic rings. The van der Waals surface area contributed by atoms with Crippen LogP contribution in [0, 0.1) is 6.92 Å². The Kier molecular flexibility index (Phi) is 7.66. The van der Waals surface area contributed by atoms with E-state index in [2.05, 4.69) is 17.2 Å². The number of ether oxygens (including phenoxy) is 2. The topological polar surface area (TPSA) is 60.5 Å². The third-order valence-corrected chi connectivity index (χ3v) is 4.98. The van der Waals surface area contributed by atoms with Crippen LogP contribution < -0.4 is 10.1 Å². The lowest BCUT2D eigenvalue weighted by Gasteiger charge is -2.15. The van der Waals surface area contributed by atoms with E-state index in [1.54, 1.807) is 13.1 Å². The third-order valence-electron chi connectivity index (χ3n) is 4.98. The highest BCUT2D eigenvalue weighted by molar-refractivity contribution is 6.06. The standard InChI is InChI=1S/C25H30N2O3/c1-4-6-7-8-16-30-20-14-12-19(13-15-20)27-24-21-11-9-10-18(3)23(21)26-17-22(24)25(28)29-5-2/h9-15,17H,4-8,16H2,1-3H3,(H,26,27). The normalized spacial score (nSPS) is 10.8. The Hall–Kier alpha value is -3.08. The van der Waals surface area contributed by atoms with Crippen LogP contribution in [0.4, 0.5) is 11.4 Å². The number of nitrogens with one attached hydrogen (secondary N) is 1. The summed E-state index contributed by atoms with van der Waals surface area (Å²) in [4.78, 5) is 17.0. The van der Waals surface area contributed by atoms with Crippen LogP contribution in [0.25, 0.3) is 10.9 Å². The summed E-state index contributed by atoms with van der Waals surface area (Å²) in [5.74, 6) is 0.459. The zero-order valence-electron chi connectivity index (χ0n) is 18.0.